The van der Waals surface area contributed by atoms with E-state index in [9.17, 15) is 18.5 Å². The molecule has 2 saturated heterocycles. The molecular formula is C20H33N5O4S. The van der Waals surface area contributed by atoms with Crippen molar-refractivity contribution >= 4 is 21.4 Å². The molecule has 0 amide bonds. The van der Waals surface area contributed by atoms with Crippen LogP contribution in [0.2, 0.25) is 0 Å². The number of nitrogens with zero attached hydrogens (tertiary/aromatic N) is 4. The lowest BCUT2D eigenvalue weighted by molar-refractivity contribution is -0.384. The van der Waals surface area contributed by atoms with Crippen molar-refractivity contribution in [2.45, 2.75) is 31.6 Å². The van der Waals surface area contributed by atoms with Gasteiger partial charge in [0.15, 0.2) is 0 Å². The van der Waals surface area contributed by atoms with Gasteiger partial charge in [-0.3, -0.25) is 15.0 Å². The van der Waals surface area contributed by atoms with Gasteiger partial charge >= 0.3 is 0 Å². The van der Waals surface area contributed by atoms with Gasteiger partial charge in [-0.2, -0.15) is 4.31 Å². The molecular weight excluding hydrogens is 406 g/mol. The van der Waals surface area contributed by atoms with E-state index in [-0.39, 0.29) is 10.6 Å². The minimum atomic E-state index is -3.72. The van der Waals surface area contributed by atoms with Gasteiger partial charge in [0.25, 0.3) is 5.69 Å². The fraction of sp³-hybridized carbons (Fsp3) is 0.700. The number of nitro groups is 1. The molecule has 2 heterocycles. The second-order valence-corrected chi connectivity index (χ2v) is 10.2. The molecule has 0 spiro atoms. The van der Waals surface area contributed by atoms with Gasteiger partial charge in [0.05, 0.1) is 9.82 Å². The van der Waals surface area contributed by atoms with Crippen LogP contribution in [0.1, 0.15) is 26.7 Å². The molecule has 0 aromatic heterocycles. The van der Waals surface area contributed by atoms with Gasteiger partial charge in [-0.1, -0.05) is 13.8 Å². The Bertz CT molecular complexity index is 840. The summed E-state index contributed by atoms with van der Waals surface area (Å²) in [6.45, 7) is 11.6. The van der Waals surface area contributed by atoms with Crippen LogP contribution in [0.15, 0.2) is 23.1 Å². The number of rotatable bonds is 8. The standard InChI is InChI=1S/C20H33N5O4S/c1-3-22-11-13-23(14-12-22)10-8-21-19-7-6-18(15-20(19)25(26)27)30(28,29)24-9-4-5-17(2)16-24/h6-7,15,17,21H,3-5,8-14,16H2,1-2H3. The van der Waals surface area contributed by atoms with Crippen molar-refractivity contribution in [3.05, 3.63) is 28.3 Å². The Morgan fingerprint density at radius 1 is 1.17 bits per heavy atom. The molecule has 3 rings (SSSR count). The van der Waals surface area contributed by atoms with Gasteiger partial charge in [0.1, 0.15) is 5.69 Å². The van der Waals surface area contributed by atoms with E-state index in [1.54, 1.807) is 0 Å². The van der Waals surface area contributed by atoms with Crippen molar-refractivity contribution < 1.29 is 13.3 Å². The summed E-state index contributed by atoms with van der Waals surface area (Å²) in [5, 5.41) is 14.7. The van der Waals surface area contributed by atoms with E-state index in [0.29, 0.717) is 31.2 Å². The van der Waals surface area contributed by atoms with E-state index in [0.717, 1.165) is 52.1 Å². The third-order valence-electron chi connectivity index (χ3n) is 6.08. The van der Waals surface area contributed by atoms with Gasteiger partial charge in [0.2, 0.25) is 10.0 Å². The number of piperidine rings is 1. The van der Waals surface area contributed by atoms with E-state index >= 15 is 0 Å². The normalized spacial score (nSPS) is 22.1. The molecule has 1 unspecified atom stereocenters. The maximum Gasteiger partial charge on any atom is 0.293 e. The molecule has 168 valence electrons. The summed E-state index contributed by atoms with van der Waals surface area (Å²) in [6, 6.07) is 4.19. The molecule has 0 bridgehead atoms. The molecule has 1 aromatic rings. The number of nitrogens with one attached hydrogen (secondary N) is 1. The first kappa shape index (κ1) is 22.9. The lowest BCUT2D eigenvalue weighted by atomic mass is 10.0. The van der Waals surface area contributed by atoms with Crippen molar-refractivity contribution in [1.29, 1.82) is 0 Å². The zero-order chi connectivity index (χ0) is 21.7. The molecule has 1 atom stereocenters. The molecule has 0 saturated carbocycles. The lowest BCUT2D eigenvalue weighted by Crippen LogP contribution is -2.47. The molecule has 0 aliphatic carbocycles. The first-order valence-electron chi connectivity index (χ1n) is 10.8. The first-order valence-corrected chi connectivity index (χ1v) is 12.2. The van der Waals surface area contributed by atoms with Crippen LogP contribution in [-0.2, 0) is 10.0 Å². The smallest absolute Gasteiger partial charge is 0.293 e. The number of likely N-dealkylation sites (N-methyl/N-ethyl adjacent to an activating group) is 1. The summed E-state index contributed by atoms with van der Waals surface area (Å²) in [5.74, 6) is 0.295. The van der Waals surface area contributed by atoms with Crippen molar-refractivity contribution in [3.63, 3.8) is 0 Å². The fourth-order valence-electron chi connectivity index (χ4n) is 4.16. The van der Waals surface area contributed by atoms with Crippen LogP contribution in [0.3, 0.4) is 0 Å². The molecule has 30 heavy (non-hydrogen) atoms. The number of nitro benzene ring substituents is 1. The molecule has 1 aromatic carbocycles. The van der Waals surface area contributed by atoms with Crippen LogP contribution in [0.25, 0.3) is 0 Å². The van der Waals surface area contributed by atoms with Gasteiger partial charge in [-0.05, 0) is 37.4 Å². The zero-order valence-corrected chi connectivity index (χ0v) is 18.7. The van der Waals surface area contributed by atoms with Crippen LogP contribution in [0.5, 0.6) is 0 Å². The Kier molecular flexibility index (Phi) is 7.67. The summed E-state index contributed by atoms with van der Waals surface area (Å²) in [7, 11) is -3.72. The van der Waals surface area contributed by atoms with Crippen LogP contribution in [0, 0.1) is 16.0 Å². The quantitative estimate of drug-likeness (QED) is 0.489. The summed E-state index contributed by atoms with van der Waals surface area (Å²) in [5.41, 5.74) is 0.162. The number of benzene rings is 1. The number of anilines is 1. The maximum atomic E-state index is 13.0. The predicted octanol–water partition coefficient (Wildman–Crippen LogP) is 2.06. The van der Waals surface area contributed by atoms with Gasteiger partial charge < -0.3 is 10.2 Å². The Balaban J connectivity index is 1.66. The average Bonchev–Trinajstić information content (AvgIpc) is 2.74. The van der Waals surface area contributed by atoms with Crippen LogP contribution < -0.4 is 5.32 Å². The second kappa shape index (κ2) is 10.0. The van der Waals surface area contributed by atoms with Crippen LogP contribution >= 0.6 is 0 Å². The highest BCUT2D eigenvalue weighted by molar-refractivity contribution is 7.89. The molecule has 0 radical (unpaired) electrons. The minimum absolute atomic E-state index is 0.00969. The number of hydrogen-bond donors (Lipinski definition) is 1. The monoisotopic (exact) mass is 439 g/mol. The zero-order valence-electron chi connectivity index (χ0n) is 17.9. The van der Waals surface area contributed by atoms with Crippen molar-refractivity contribution in [2.24, 2.45) is 5.92 Å². The van der Waals surface area contributed by atoms with Crippen LogP contribution in [0.4, 0.5) is 11.4 Å². The highest BCUT2D eigenvalue weighted by Crippen LogP contribution is 2.30. The maximum absolute atomic E-state index is 13.0. The third-order valence-corrected chi connectivity index (χ3v) is 7.94. The van der Waals surface area contributed by atoms with Gasteiger partial charge in [-0.25, -0.2) is 8.42 Å². The van der Waals surface area contributed by atoms with E-state index < -0.39 is 14.9 Å². The topological polar surface area (TPSA) is 99.0 Å². The fourth-order valence-corrected chi connectivity index (χ4v) is 5.78. The Morgan fingerprint density at radius 2 is 1.87 bits per heavy atom. The van der Waals surface area contributed by atoms with Crippen molar-refractivity contribution in [3.8, 4) is 0 Å². The molecule has 9 nitrogen and oxygen atoms in total. The number of hydrogen-bond acceptors (Lipinski definition) is 7. The first-order chi connectivity index (χ1) is 14.3. The lowest BCUT2D eigenvalue weighted by Gasteiger charge is -2.34. The van der Waals surface area contributed by atoms with Gasteiger partial charge in [0, 0.05) is 58.4 Å². The minimum Gasteiger partial charge on any atom is -0.378 e. The molecule has 10 heteroatoms. The van der Waals surface area contributed by atoms with E-state index in [1.807, 2.05) is 6.92 Å². The Hall–Kier alpha value is -1.75. The van der Waals surface area contributed by atoms with Crippen molar-refractivity contribution in [2.75, 3.05) is 64.2 Å². The predicted molar refractivity (Wildman–Crippen MR) is 117 cm³/mol. The molecule has 1 N–H and O–H groups in total. The highest BCUT2D eigenvalue weighted by atomic mass is 32.2. The molecule has 2 fully saturated rings. The largest absolute Gasteiger partial charge is 0.378 e. The number of piperazine rings is 1. The summed E-state index contributed by atoms with van der Waals surface area (Å²) >= 11 is 0. The summed E-state index contributed by atoms with van der Waals surface area (Å²) < 4.78 is 27.4. The summed E-state index contributed by atoms with van der Waals surface area (Å²) in [4.78, 5) is 15.8. The van der Waals surface area contributed by atoms with E-state index in [1.165, 1.54) is 22.5 Å². The van der Waals surface area contributed by atoms with E-state index in [4.69, 9.17) is 0 Å². The molecule has 2 aliphatic heterocycles. The Morgan fingerprint density at radius 3 is 2.50 bits per heavy atom. The van der Waals surface area contributed by atoms with Crippen LogP contribution in [-0.4, -0.2) is 86.3 Å². The van der Waals surface area contributed by atoms with Gasteiger partial charge in [-0.15, -0.1) is 0 Å². The van der Waals surface area contributed by atoms with E-state index in [2.05, 4.69) is 22.0 Å². The average molecular weight is 440 g/mol. The third kappa shape index (κ3) is 5.48. The molecule has 2 aliphatic rings. The Labute approximate surface area is 179 Å². The number of sulfonamides is 1. The summed E-state index contributed by atoms with van der Waals surface area (Å²) in [6.07, 6.45) is 1.82. The highest BCUT2D eigenvalue weighted by Gasteiger charge is 2.30. The van der Waals surface area contributed by atoms with Crippen molar-refractivity contribution in [1.82, 2.24) is 14.1 Å². The second-order valence-electron chi connectivity index (χ2n) is 8.25. The SMILES string of the molecule is CCN1CCN(CCNc2ccc(S(=O)(=O)N3CCCC(C)C3)cc2[N+](=O)[O-])CC1.